The molecule has 0 aliphatic heterocycles. The average Bonchev–Trinajstić information content (AvgIpc) is 3.07. The first-order valence-corrected chi connectivity index (χ1v) is 22.3. The molecule has 10 heteroatoms. The number of nitrogens with zero attached hydrogens (tertiary/aromatic N) is 1. The zero-order chi connectivity index (χ0) is 37.9. The number of likely N-dealkylation sites (N-methyl/N-ethyl adjacent to an activating group) is 1. The highest BCUT2D eigenvalue weighted by Crippen LogP contribution is 2.38. The topological polar surface area (TPSA) is 111 Å². The Morgan fingerprint density at radius 2 is 1.04 bits per heavy atom. The van der Waals surface area contributed by atoms with Crippen LogP contribution in [0.5, 0.6) is 0 Å². The maximum Gasteiger partial charge on any atom is 0.306 e. The Morgan fingerprint density at radius 3 is 1.47 bits per heavy atom. The monoisotopic (exact) mass is 746 g/mol. The van der Waals surface area contributed by atoms with Crippen molar-refractivity contribution in [3.63, 3.8) is 0 Å². The van der Waals surface area contributed by atoms with Gasteiger partial charge in [0.1, 0.15) is 19.8 Å². The van der Waals surface area contributed by atoms with Crippen molar-refractivity contribution in [3.8, 4) is 0 Å². The van der Waals surface area contributed by atoms with E-state index in [4.69, 9.17) is 18.5 Å². The molecule has 0 heterocycles. The van der Waals surface area contributed by atoms with E-state index in [9.17, 15) is 19.0 Å². The third-order valence-corrected chi connectivity index (χ3v) is 10.1. The van der Waals surface area contributed by atoms with Crippen LogP contribution in [0, 0.1) is 0 Å². The lowest BCUT2D eigenvalue weighted by Crippen LogP contribution is -2.37. The van der Waals surface area contributed by atoms with E-state index in [1.807, 2.05) is 27.2 Å². The lowest BCUT2D eigenvalue weighted by Gasteiger charge is -2.28. The molecule has 51 heavy (non-hydrogen) atoms. The number of allylic oxidation sites excluding steroid dienone is 1. The van der Waals surface area contributed by atoms with Gasteiger partial charge in [0.2, 0.25) is 0 Å². The second kappa shape index (κ2) is 34.5. The molecule has 0 fully saturated rings. The van der Waals surface area contributed by atoms with Gasteiger partial charge in [0.05, 0.1) is 27.7 Å². The van der Waals surface area contributed by atoms with Gasteiger partial charge in [0.25, 0.3) is 7.82 Å². The van der Waals surface area contributed by atoms with Crippen molar-refractivity contribution in [2.24, 2.45) is 0 Å². The SMILES string of the molecule is C=CCCCCCCCCCCCCCCCC(=O)OC[C@H](COP(=O)([O-])OCC[N+](C)(C)C)OC(=O)CCCCCCCCCCCCCC. The lowest BCUT2D eigenvalue weighted by molar-refractivity contribution is -0.870. The molecule has 302 valence electrons. The van der Waals surface area contributed by atoms with Crippen molar-refractivity contribution in [2.45, 2.75) is 193 Å². The summed E-state index contributed by atoms with van der Waals surface area (Å²) in [5, 5.41) is 0. The first-order chi connectivity index (χ1) is 24.5. The van der Waals surface area contributed by atoms with Gasteiger partial charge in [0.15, 0.2) is 6.10 Å². The Hall–Kier alpha value is -1.25. The molecule has 0 aromatic carbocycles. The predicted molar refractivity (Wildman–Crippen MR) is 208 cm³/mol. The highest BCUT2D eigenvalue weighted by atomic mass is 31.2. The van der Waals surface area contributed by atoms with Gasteiger partial charge in [-0.25, -0.2) is 0 Å². The van der Waals surface area contributed by atoms with Gasteiger partial charge in [-0.2, -0.15) is 0 Å². The zero-order valence-electron chi connectivity index (χ0n) is 33.6. The Kier molecular flexibility index (Phi) is 33.7. The van der Waals surface area contributed by atoms with Crippen molar-refractivity contribution in [1.29, 1.82) is 0 Å². The molecule has 0 rings (SSSR count). The highest BCUT2D eigenvalue weighted by molar-refractivity contribution is 7.45. The Balaban J connectivity index is 4.33. The third-order valence-electron chi connectivity index (χ3n) is 9.18. The first kappa shape index (κ1) is 49.8. The van der Waals surface area contributed by atoms with Crippen molar-refractivity contribution in [3.05, 3.63) is 12.7 Å². The van der Waals surface area contributed by atoms with Crippen LogP contribution in [0.15, 0.2) is 12.7 Å². The second-order valence-corrected chi connectivity index (χ2v) is 16.9. The number of hydrogen-bond donors (Lipinski definition) is 0. The number of ether oxygens (including phenoxy) is 2. The van der Waals surface area contributed by atoms with Crippen LogP contribution in [-0.2, 0) is 32.7 Å². The molecule has 0 aliphatic rings. The molecular formula is C41H80NO8P. The molecule has 0 aromatic rings. The molecule has 0 spiro atoms. The first-order valence-electron chi connectivity index (χ1n) is 20.9. The molecule has 9 nitrogen and oxygen atoms in total. The van der Waals surface area contributed by atoms with Crippen molar-refractivity contribution in [1.82, 2.24) is 0 Å². The number of carbonyl (C=O) groups is 2. The summed E-state index contributed by atoms with van der Waals surface area (Å²) >= 11 is 0. The van der Waals surface area contributed by atoms with Crippen LogP contribution < -0.4 is 4.89 Å². The fourth-order valence-electron chi connectivity index (χ4n) is 5.87. The number of quaternary nitrogens is 1. The molecule has 0 saturated heterocycles. The summed E-state index contributed by atoms with van der Waals surface area (Å²) in [6.45, 7) is 5.75. The van der Waals surface area contributed by atoms with E-state index in [-0.39, 0.29) is 32.0 Å². The number of phosphoric ester groups is 1. The van der Waals surface area contributed by atoms with Gasteiger partial charge in [-0.05, 0) is 25.7 Å². The Labute approximate surface area is 314 Å². The number of unbranched alkanes of at least 4 members (excludes halogenated alkanes) is 24. The summed E-state index contributed by atoms with van der Waals surface area (Å²) in [4.78, 5) is 37.4. The van der Waals surface area contributed by atoms with Gasteiger partial charge in [-0.1, -0.05) is 154 Å². The van der Waals surface area contributed by atoms with Crippen LogP contribution in [0.4, 0.5) is 0 Å². The zero-order valence-corrected chi connectivity index (χ0v) is 34.5. The number of hydrogen-bond acceptors (Lipinski definition) is 8. The molecular weight excluding hydrogens is 665 g/mol. The van der Waals surface area contributed by atoms with E-state index in [1.165, 1.54) is 122 Å². The fraction of sp³-hybridized carbons (Fsp3) is 0.902. The summed E-state index contributed by atoms with van der Waals surface area (Å²) in [7, 11) is 1.17. The van der Waals surface area contributed by atoms with Gasteiger partial charge in [-0.3, -0.25) is 14.2 Å². The summed E-state index contributed by atoms with van der Waals surface area (Å²) in [5.41, 5.74) is 0. The fourth-order valence-corrected chi connectivity index (χ4v) is 6.60. The van der Waals surface area contributed by atoms with Crippen LogP contribution in [-0.4, -0.2) is 70.0 Å². The van der Waals surface area contributed by atoms with E-state index in [1.54, 1.807) is 0 Å². The van der Waals surface area contributed by atoms with Crippen molar-refractivity contribution in [2.75, 3.05) is 47.5 Å². The summed E-state index contributed by atoms with van der Waals surface area (Å²) in [6, 6.07) is 0. The van der Waals surface area contributed by atoms with E-state index >= 15 is 0 Å². The van der Waals surface area contributed by atoms with Crippen LogP contribution in [0.25, 0.3) is 0 Å². The Morgan fingerprint density at radius 1 is 0.627 bits per heavy atom. The molecule has 0 radical (unpaired) electrons. The van der Waals surface area contributed by atoms with Gasteiger partial charge < -0.3 is 27.9 Å². The van der Waals surface area contributed by atoms with Crippen LogP contribution in [0.1, 0.15) is 187 Å². The van der Waals surface area contributed by atoms with Gasteiger partial charge in [0, 0.05) is 12.8 Å². The highest BCUT2D eigenvalue weighted by Gasteiger charge is 2.21. The molecule has 2 atom stereocenters. The maximum atomic E-state index is 12.6. The van der Waals surface area contributed by atoms with Crippen LogP contribution in [0.3, 0.4) is 0 Å². The molecule has 0 aromatic heterocycles. The third kappa shape index (κ3) is 38.3. The largest absolute Gasteiger partial charge is 0.756 e. The van der Waals surface area contributed by atoms with E-state index in [0.29, 0.717) is 17.4 Å². The normalized spacial score (nSPS) is 13.5. The van der Waals surface area contributed by atoms with E-state index in [2.05, 4.69) is 13.5 Å². The molecule has 0 bridgehead atoms. The lowest BCUT2D eigenvalue weighted by atomic mass is 10.0. The summed E-state index contributed by atoms with van der Waals surface area (Å²) < 4.78 is 33.8. The number of rotatable bonds is 39. The molecule has 0 saturated carbocycles. The predicted octanol–water partition coefficient (Wildman–Crippen LogP) is 10.8. The minimum Gasteiger partial charge on any atom is -0.756 e. The van der Waals surface area contributed by atoms with Crippen molar-refractivity contribution >= 4 is 19.8 Å². The average molecular weight is 746 g/mol. The molecule has 1 unspecified atom stereocenters. The number of phosphoric acid groups is 1. The minimum absolute atomic E-state index is 0.0281. The quantitative estimate of drug-likeness (QED) is 0.0201. The van der Waals surface area contributed by atoms with E-state index < -0.39 is 26.5 Å². The van der Waals surface area contributed by atoms with Crippen molar-refractivity contribution < 1.29 is 42.1 Å². The molecule has 0 aliphatic carbocycles. The molecule has 0 amide bonds. The maximum absolute atomic E-state index is 12.6. The molecule has 0 N–H and O–H groups in total. The smallest absolute Gasteiger partial charge is 0.306 e. The second-order valence-electron chi connectivity index (χ2n) is 15.4. The van der Waals surface area contributed by atoms with Crippen LogP contribution in [0.2, 0.25) is 0 Å². The number of esters is 2. The van der Waals surface area contributed by atoms with E-state index in [0.717, 1.165) is 38.5 Å². The Bertz CT molecular complexity index is 878. The number of carbonyl (C=O) groups excluding carboxylic acids is 2. The minimum atomic E-state index is -4.61. The van der Waals surface area contributed by atoms with Crippen LogP contribution >= 0.6 is 7.82 Å². The van der Waals surface area contributed by atoms with Gasteiger partial charge >= 0.3 is 11.9 Å². The van der Waals surface area contributed by atoms with Gasteiger partial charge in [-0.15, -0.1) is 6.58 Å². The summed E-state index contributed by atoms with van der Waals surface area (Å²) in [5.74, 6) is -0.830. The standard InChI is InChI=1S/C41H80NO8P/c1-6-8-10-12-14-16-18-20-21-22-24-25-27-29-31-33-40(43)47-37-39(38-49-51(45,46)48-36-35-42(3,4)5)50-41(44)34-32-30-28-26-23-19-17-15-13-11-9-7-2/h6,39H,1,7-38H2,2-5H3/t39-/m1/s1. The summed E-state index contributed by atoms with van der Waals surface area (Å²) in [6.07, 6.45) is 32.7.